The molecule has 12 unspecified atom stereocenters. The lowest BCUT2D eigenvalue weighted by molar-refractivity contribution is -0.359. The number of nitrogens with one attached hydrogen (secondary N) is 1. The number of carbonyl (C=O) groups is 1. The Kier molecular flexibility index (Phi) is 49.3. The number of ether oxygens (including phenoxy) is 4. The van der Waals surface area contributed by atoms with Crippen LogP contribution < -0.4 is 5.32 Å². The fourth-order valence-corrected chi connectivity index (χ4v) is 9.89. The second kappa shape index (κ2) is 54.3. The van der Waals surface area contributed by atoms with Crippen molar-refractivity contribution in [2.24, 2.45) is 0 Å². The van der Waals surface area contributed by atoms with Gasteiger partial charge in [-0.05, 0) is 96.3 Å². The molecule has 1 amide bonds. The normalized spacial score (nSPS) is 24.4. The van der Waals surface area contributed by atoms with Crippen LogP contribution in [0.25, 0.3) is 0 Å². The van der Waals surface area contributed by atoms with Crippen LogP contribution in [0.1, 0.15) is 213 Å². The topological polar surface area (TPSA) is 228 Å². The molecule has 0 bridgehead atoms. The molecule has 0 aromatic heterocycles. The Morgan fingerprint density at radius 2 is 0.812 bits per heavy atom. The number of allylic oxidation sites excluding steroid dienone is 22. The van der Waals surface area contributed by atoms with E-state index < -0.39 is 86.8 Å². The molecule has 2 fully saturated rings. The number of carbonyl (C=O) groups excluding carboxylic acids is 1. The van der Waals surface area contributed by atoms with Gasteiger partial charge in [0.2, 0.25) is 5.91 Å². The minimum atomic E-state index is -1.79. The highest BCUT2D eigenvalue weighted by molar-refractivity contribution is 5.76. The SMILES string of the molecule is CC/C=C\C/C=C\C/C=C\C/C=C\C/C=C\C/C=C\C/C=C\C/C=C\C/C=C\C/C=C\C/C=C\CCCCCCCCCC(=O)NC(COC1OC(CO)C(OC2OC(CO)C(O)C(O)C2O)C(O)C1O)C(O)CCCCCCCCCCCC. The van der Waals surface area contributed by atoms with Gasteiger partial charge in [-0.3, -0.25) is 4.79 Å². The Hall–Kier alpha value is -3.87. The van der Waals surface area contributed by atoms with Crippen LogP contribution >= 0.6 is 0 Å². The summed E-state index contributed by atoms with van der Waals surface area (Å²) in [4.78, 5) is 13.3. The molecule has 2 aliphatic heterocycles. The summed E-state index contributed by atoms with van der Waals surface area (Å²) < 4.78 is 22.8. The van der Waals surface area contributed by atoms with E-state index in [9.17, 15) is 45.6 Å². The second-order valence-corrected chi connectivity index (χ2v) is 22.5. The standard InChI is InChI=1S/C71H117NO13/c1-3-5-7-9-11-13-15-16-17-18-19-20-21-22-23-24-25-26-27-28-29-30-31-32-33-34-35-36-37-38-39-40-41-42-43-44-45-47-49-51-53-55-63(76)72-59(60(75)54-52-50-48-46-14-12-10-8-6-4-2)58-82-70-68(81)66(79)69(62(57-74)84-70)85-71-67(80)65(78)64(77)61(56-73)83-71/h5,7,11,13,16-17,19-20,22-23,25-26,28-29,31-32,34-35,37-38,40-41,59-62,64-71,73-75,77-81H,3-4,6,8-10,12,14-15,18,21,24,27,30,33,36,39,42-58H2,1-2H3,(H,72,76)/b7-5-,13-11-,17-16-,20-19-,23-22-,26-25-,29-28-,32-31-,35-34-,38-37-,41-40-. The molecule has 2 aliphatic rings. The van der Waals surface area contributed by atoms with Crippen LogP contribution in [0.5, 0.6) is 0 Å². The van der Waals surface area contributed by atoms with Gasteiger partial charge in [0.05, 0.1) is 32.0 Å². The van der Waals surface area contributed by atoms with E-state index in [0.717, 1.165) is 135 Å². The van der Waals surface area contributed by atoms with Crippen LogP contribution in [-0.2, 0) is 23.7 Å². The molecule has 2 heterocycles. The fourth-order valence-electron chi connectivity index (χ4n) is 9.89. The smallest absolute Gasteiger partial charge is 0.220 e. The van der Waals surface area contributed by atoms with Gasteiger partial charge in [0, 0.05) is 6.42 Å². The van der Waals surface area contributed by atoms with Gasteiger partial charge in [0.15, 0.2) is 12.6 Å². The van der Waals surface area contributed by atoms with Crippen molar-refractivity contribution in [2.45, 2.75) is 286 Å². The molecule has 0 aliphatic carbocycles. The molecule has 2 saturated heterocycles. The summed E-state index contributed by atoms with van der Waals surface area (Å²) in [6, 6.07) is -0.842. The molecule has 0 saturated carbocycles. The van der Waals surface area contributed by atoms with Crippen molar-refractivity contribution in [1.82, 2.24) is 5.32 Å². The molecule has 14 heteroatoms. The van der Waals surface area contributed by atoms with Crippen LogP contribution in [0.3, 0.4) is 0 Å². The molecule has 9 N–H and O–H groups in total. The van der Waals surface area contributed by atoms with Crippen molar-refractivity contribution < 1.29 is 64.6 Å². The van der Waals surface area contributed by atoms with Crippen LogP contribution in [0.2, 0.25) is 0 Å². The predicted octanol–water partition coefficient (Wildman–Crippen LogP) is 12.7. The van der Waals surface area contributed by atoms with E-state index >= 15 is 0 Å². The first-order chi connectivity index (χ1) is 41.6. The van der Waals surface area contributed by atoms with Gasteiger partial charge in [0.25, 0.3) is 0 Å². The summed E-state index contributed by atoms with van der Waals surface area (Å²) >= 11 is 0. The lowest BCUT2D eigenvalue weighted by Gasteiger charge is -2.46. The maximum atomic E-state index is 13.3. The second-order valence-electron chi connectivity index (χ2n) is 22.5. The maximum Gasteiger partial charge on any atom is 0.220 e. The summed E-state index contributed by atoms with van der Waals surface area (Å²) in [6.07, 6.45) is 63.4. The van der Waals surface area contributed by atoms with Gasteiger partial charge in [-0.2, -0.15) is 0 Å². The third kappa shape index (κ3) is 38.9. The van der Waals surface area contributed by atoms with Gasteiger partial charge in [-0.1, -0.05) is 244 Å². The Balaban J connectivity index is 1.60. The summed E-state index contributed by atoms with van der Waals surface area (Å²) in [5.41, 5.74) is 0. The largest absolute Gasteiger partial charge is 0.394 e. The Labute approximate surface area is 513 Å². The van der Waals surface area contributed by atoms with E-state index in [2.05, 4.69) is 153 Å². The number of hydrogen-bond acceptors (Lipinski definition) is 13. The number of hydrogen-bond donors (Lipinski definition) is 9. The monoisotopic (exact) mass is 1190 g/mol. The summed E-state index contributed by atoms with van der Waals surface area (Å²) in [7, 11) is 0. The lowest BCUT2D eigenvalue weighted by atomic mass is 9.97. The van der Waals surface area contributed by atoms with Gasteiger partial charge in [-0.25, -0.2) is 0 Å². The number of aliphatic hydroxyl groups is 8. The average Bonchev–Trinajstić information content (AvgIpc) is 2.93. The van der Waals surface area contributed by atoms with Crippen molar-refractivity contribution in [3.63, 3.8) is 0 Å². The third-order valence-corrected chi connectivity index (χ3v) is 15.1. The highest BCUT2D eigenvalue weighted by Crippen LogP contribution is 2.30. The molecular formula is C71H117NO13. The summed E-state index contributed by atoms with van der Waals surface area (Å²) in [5.74, 6) is -0.226. The summed E-state index contributed by atoms with van der Waals surface area (Å²) in [5, 5.41) is 87.1. The predicted molar refractivity (Wildman–Crippen MR) is 345 cm³/mol. The lowest BCUT2D eigenvalue weighted by Crippen LogP contribution is -2.65. The van der Waals surface area contributed by atoms with E-state index in [1.807, 2.05) is 0 Å². The molecule has 0 spiro atoms. The first-order valence-electron chi connectivity index (χ1n) is 32.9. The van der Waals surface area contributed by atoms with Gasteiger partial charge < -0.3 is 65.1 Å². The molecule has 12 atom stereocenters. The molecule has 14 nitrogen and oxygen atoms in total. The van der Waals surface area contributed by atoms with Crippen LogP contribution in [-0.4, -0.2) is 140 Å². The zero-order valence-corrected chi connectivity index (χ0v) is 52.3. The van der Waals surface area contributed by atoms with Gasteiger partial charge in [-0.15, -0.1) is 0 Å². The molecule has 0 aromatic carbocycles. The van der Waals surface area contributed by atoms with E-state index in [1.165, 1.54) is 44.9 Å². The summed E-state index contributed by atoms with van der Waals surface area (Å²) in [6.45, 7) is 2.69. The quantitative estimate of drug-likeness (QED) is 0.0204. The first-order valence-corrected chi connectivity index (χ1v) is 32.9. The highest BCUT2D eigenvalue weighted by Gasteiger charge is 2.51. The van der Waals surface area contributed by atoms with E-state index in [-0.39, 0.29) is 18.9 Å². The van der Waals surface area contributed by atoms with E-state index in [0.29, 0.717) is 12.8 Å². The van der Waals surface area contributed by atoms with Crippen molar-refractivity contribution in [3.8, 4) is 0 Å². The molecule has 484 valence electrons. The number of amides is 1. The Bertz CT molecular complexity index is 1940. The number of unbranched alkanes of at least 4 members (excludes halogenated alkanes) is 16. The van der Waals surface area contributed by atoms with Crippen LogP contribution in [0, 0.1) is 0 Å². The van der Waals surface area contributed by atoms with Crippen molar-refractivity contribution in [1.29, 1.82) is 0 Å². The minimum Gasteiger partial charge on any atom is -0.394 e. The van der Waals surface area contributed by atoms with E-state index in [1.54, 1.807) is 0 Å². The number of aliphatic hydroxyl groups excluding tert-OH is 8. The van der Waals surface area contributed by atoms with Crippen molar-refractivity contribution in [2.75, 3.05) is 19.8 Å². The molecular weight excluding hydrogens is 1070 g/mol. The average molecular weight is 1190 g/mol. The van der Waals surface area contributed by atoms with E-state index in [4.69, 9.17) is 18.9 Å². The highest BCUT2D eigenvalue weighted by atomic mass is 16.7. The van der Waals surface area contributed by atoms with Crippen molar-refractivity contribution in [3.05, 3.63) is 134 Å². The Morgan fingerprint density at radius 3 is 1.25 bits per heavy atom. The zero-order valence-electron chi connectivity index (χ0n) is 52.3. The number of rotatable bonds is 51. The molecule has 0 aromatic rings. The molecule has 2 rings (SSSR count). The fraction of sp³-hybridized carbons (Fsp3) is 0.676. The van der Waals surface area contributed by atoms with Crippen molar-refractivity contribution >= 4 is 5.91 Å². The first kappa shape index (κ1) is 77.2. The zero-order chi connectivity index (χ0) is 61.6. The van der Waals surface area contributed by atoms with Crippen LogP contribution in [0.4, 0.5) is 0 Å². The molecule has 0 radical (unpaired) electrons. The van der Waals surface area contributed by atoms with Gasteiger partial charge in [0.1, 0.15) is 48.8 Å². The molecule has 85 heavy (non-hydrogen) atoms. The minimum absolute atomic E-state index is 0.226. The maximum absolute atomic E-state index is 13.3. The third-order valence-electron chi connectivity index (χ3n) is 15.1. The van der Waals surface area contributed by atoms with Gasteiger partial charge >= 0.3 is 0 Å². The van der Waals surface area contributed by atoms with Crippen LogP contribution in [0.15, 0.2) is 134 Å². The Morgan fingerprint density at radius 1 is 0.435 bits per heavy atom.